The smallest absolute Gasteiger partial charge is 0.405 e. The van der Waals surface area contributed by atoms with Crippen molar-refractivity contribution in [3.63, 3.8) is 0 Å². The van der Waals surface area contributed by atoms with Crippen molar-refractivity contribution < 1.29 is 38.5 Å². The van der Waals surface area contributed by atoms with Gasteiger partial charge in [-0.3, -0.25) is 14.4 Å². The highest BCUT2D eigenvalue weighted by molar-refractivity contribution is 6.33. The molecule has 0 aliphatic heterocycles. The number of ether oxygens (including phenoxy) is 3. The fraction of sp³-hybridized carbons (Fsp3) is 0.525. The molecule has 0 spiro atoms. The first-order valence-electron chi connectivity index (χ1n) is 19.3. The molecule has 61 heavy (non-hydrogen) atoms. The Labute approximate surface area is 376 Å². The zero-order valence-corrected chi connectivity index (χ0v) is 38.0. The van der Waals surface area contributed by atoms with E-state index in [0.717, 1.165) is 38.5 Å². The third kappa shape index (κ3) is 19.5. The molecule has 0 unspecified atom stereocenters. The molecule has 3 heterocycles. The lowest BCUT2D eigenvalue weighted by Crippen LogP contribution is -2.47. The van der Waals surface area contributed by atoms with Gasteiger partial charge in [-0.05, 0) is 98.3 Å². The summed E-state index contributed by atoms with van der Waals surface area (Å²) in [5.41, 5.74) is 10.9. The minimum Gasteiger partial charge on any atom is -0.490 e. The van der Waals surface area contributed by atoms with E-state index in [1.54, 1.807) is 26.0 Å². The van der Waals surface area contributed by atoms with Crippen molar-refractivity contribution in [1.29, 1.82) is 0 Å². The highest BCUT2D eigenvalue weighted by Crippen LogP contribution is 2.26. The van der Waals surface area contributed by atoms with Crippen LogP contribution in [0, 0.1) is 0 Å². The van der Waals surface area contributed by atoms with Crippen molar-refractivity contribution in [2.75, 3.05) is 19.8 Å². The Hall–Kier alpha value is -4.39. The Morgan fingerprint density at radius 2 is 0.885 bits per heavy atom. The molecule has 17 nitrogen and oxygen atoms in total. The Kier molecular flexibility index (Phi) is 18.5. The number of aromatic nitrogens is 3. The van der Waals surface area contributed by atoms with E-state index < -0.39 is 22.7 Å². The normalized spacial score (nSPS) is 14.6. The van der Waals surface area contributed by atoms with Crippen LogP contribution in [0.1, 0.15) is 111 Å². The molecule has 336 valence electrons. The summed E-state index contributed by atoms with van der Waals surface area (Å²) >= 11 is 17.8. The number of carbonyl (C=O) groups is 4. The van der Waals surface area contributed by atoms with E-state index in [1.807, 2.05) is 27.7 Å². The van der Waals surface area contributed by atoms with Gasteiger partial charge >= 0.3 is 6.09 Å². The van der Waals surface area contributed by atoms with Gasteiger partial charge in [0.15, 0.2) is 0 Å². The summed E-state index contributed by atoms with van der Waals surface area (Å²) < 4.78 is 16.5. The summed E-state index contributed by atoms with van der Waals surface area (Å²) in [5, 5.41) is 20.1. The van der Waals surface area contributed by atoms with Crippen molar-refractivity contribution in [3.8, 4) is 17.2 Å². The van der Waals surface area contributed by atoms with Crippen molar-refractivity contribution in [2.24, 2.45) is 11.5 Å². The third-order valence-corrected chi connectivity index (χ3v) is 9.08. The summed E-state index contributed by atoms with van der Waals surface area (Å²) in [6.45, 7) is 11.6. The Bertz CT molecular complexity index is 1910. The molecule has 21 heteroatoms. The number of nitrogens with one attached hydrogen (secondary N) is 4. The van der Waals surface area contributed by atoms with Crippen LogP contribution in [0.3, 0.4) is 0 Å². The molecule has 0 saturated heterocycles. The number of hydrogen-bond donors (Lipinski definition) is 7. The SMILES string of the molecule is CC(C)(COc1cnc(Cl)c(C(=O)NC2CC2)c1)NC(=O)O.CC(C)(N)COc1cnc(Cl)c(C(=O)NC2CC2)c1.CC(C)(N)COc1cnc(Cl)c(C(=O)NC2CC2)c1.Cl. The van der Waals surface area contributed by atoms with Gasteiger partial charge in [0.2, 0.25) is 0 Å². The number of rotatable bonds is 16. The average molecular weight is 932 g/mol. The monoisotopic (exact) mass is 929 g/mol. The maximum Gasteiger partial charge on any atom is 0.405 e. The molecule has 0 radical (unpaired) electrons. The van der Waals surface area contributed by atoms with E-state index in [1.165, 1.54) is 24.7 Å². The van der Waals surface area contributed by atoms with Crippen LogP contribution >= 0.6 is 47.2 Å². The van der Waals surface area contributed by atoms with Crippen LogP contribution in [0.25, 0.3) is 0 Å². The van der Waals surface area contributed by atoms with Gasteiger partial charge in [-0.1, -0.05) is 34.8 Å². The summed E-state index contributed by atoms with van der Waals surface area (Å²) in [4.78, 5) is 58.5. The maximum atomic E-state index is 12.0. The predicted molar refractivity (Wildman–Crippen MR) is 235 cm³/mol. The first-order valence-corrected chi connectivity index (χ1v) is 20.5. The van der Waals surface area contributed by atoms with Gasteiger partial charge in [0.1, 0.15) is 52.5 Å². The minimum absolute atomic E-state index is 0. The number of carboxylic acid groups (broad SMARTS) is 1. The number of carbonyl (C=O) groups excluding carboxylic acids is 3. The summed E-state index contributed by atoms with van der Waals surface area (Å²) in [7, 11) is 0. The molecule has 3 aromatic rings. The number of amides is 4. The van der Waals surface area contributed by atoms with E-state index >= 15 is 0 Å². The van der Waals surface area contributed by atoms with Gasteiger partial charge < -0.3 is 52.1 Å². The van der Waals surface area contributed by atoms with Gasteiger partial charge in [-0.25, -0.2) is 19.7 Å². The molecule has 0 aromatic carbocycles. The summed E-state index contributed by atoms with van der Waals surface area (Å²) in [6, 6.07) is 5.46. The second-order valence-electron chi connectivity index (χ2n) is 16.9. The van der Waals surface area contributed by atoms with E-state index in [0.29, 0.717) is 41.6 Å². The quantitative estimate of drug-likeness (QED) is 0.0820. The molecule has 6 rings (SSSR count). The second kappa shape index (κ2) is 22.1. The molecule has 0 atom stereocenters. The number of nitrogens with two attached hydrogens (primary N) is 2. The van der Waals surface area contributed by atoms with E-state index in [4.69, 9.17) is 65.6 Å². The van der Waals surface area contributed by atoms with Gasteiger partial charge in [0.05, 0.1) is 40.8 Å². The number of hydrogen-bond acceptors (Lipinski definition) is 12. The standard InChI is InChI=1S/C14H18ClN3O4.2C13H18ClN3O2.ClH/c1-14(2,18-13(20)21)7-22-9-5-10(11(15)16-6-9)12(19)17-8-3-4-8;2*1-13(2,15)7-19-9-5-10(11(14)16-6-9)12(18)17-8-3-4-8;/h5-6,8,18H,3-4,7H2,1-2H3,(H,17,19)(H,20,21);2*5-6,8H,3-4,7,15H2,1-2H3,(H,17,18);1H. The van der Waals surface area contributed by atoms with Gasteiger partial charge in [0.25, 0.3) is 17.7 Å². The fourth-order valence-electron chi connectivity index (χ4n) is 4.60. The largest absolute Gasteiger partial charge is 0.490 e. The number of pyridine rings is 3. The topological polar surface area (TPSA) is 255 Å². The Morgan fingerprint density at radius 3 is 1.13 bits per heavy atom. The first kappa shape index (κ1) is 51.0. The third-order valence-electron chi connectivity index (χ3n) is 8.18. The number of halogens is 4. The van der Waals surface area contributed by atoms with E-state index in [2.05, 4.69) is 36.2 Å². The van der Waals surface area contributed by atoms with Crippen LogP contribution in [0.15, 0.2) is 36.8 Å². The lowest BCUT2D eigenvalue weighted by atomic mass is 10.1. The highest BCUT2D eigenvalue weighted by atomic mass is 35.5. The highest BCUT2D eigenvalue weighted by Gasteiger charge is 2.28. The summed E-state index contributed by atoms with van der Waals surface area (Å²) in [5.74, 6) is 0.627. The molecule has 3 aromatic heterocycles. The fourth-order valence-corrected chi connectivity index (χ4v) is 5.17. The van der Waals surface area contributed by atoms with Crippen LogP contribution in [-0.4, -0.2) is 98.4 Å². The molecule has 9 N–H and O–H groups in total. The van der Waals surface area contributed by atoms with Crippen LogP contribution in [0.4, 0.5) is 4.79 Å². The van der Waals surface area contributed by atoms with Crippen LogP contribution in [0.5, 0.6) is 17.2 Å². The van der Waals surface area contributed by atoms with Crippen molar-refractivity contribution in [2.45, 2.75) is 115 Å². The van der Waals surface area contributed by atoms with Crippen LogP contribution < -0.4 is 46.9 Å². The zero-order valence-electron chi connectivity index (χ0n) is 34.9. The zero-order chi connectivity index (χ0) is 44.4. The van der Waals surface area contributed by atoms with Gasteiger partial charge in [0, 0.05) is 29.2 Å². The lowest BCUT2D eigenvalue weighted by molar-refractivity contribution is 0.0942. The Morgan fingerprint density at radius 1 is 0.607 bits per heavy atom. The van der Waals surface area contributed by atoms with Crippen LogP contribution in [-0.2, 0) is 0 Å². The Balaban J connectivity index is 0.000000243. The molecule has 3 fully saturated rings. The molecule has 3 aliphatic rings. The average Bonchev–Trinajstić information content (AvgIpc) is 3.98. The molecule has 3 saturated carbocycles. The van der Waals surface area contributed by atoms with E-state index in [-0.39, 0.29) is 75.9 Å². The predicted octanol–water partition coefficient (Wildman–Crippen LogP) is 5.96. The molecular formula is C40H55Cl4N9O8. The molecule has 0 bridgehead atoms. The van der Waals surface area contributed by atoms with Crippen LogP contribution in [0.2, 0.25) is 15.5 Å². The van der Waals surface area contributed by atoms with Crippen molar-refractivity contribution in [1.82, 2.24) is 36.2 Å². The van der Waals surface area contributed by atoms with Gasteiger partial charge in [-0.15, -0.1) is 12.4 Å². The maximum absolute atomic E-state index is 12.0. The first-order chi connectivity index (χ1) is 28.0. The van der Waals surface area contributed by atoms with Crippen molar-refractivity contribution >= 4 is 71.0 Å². The lowest BCUT2D eigenvalue weighted by Gasteiger charge is -2.24. The molecule has 3 aliphatic carbocycles. The number of nitrogens with zero attached hydrogens (tertiary/aromatic N) is 3. The molecular weight excluding hydrogens is 876 g/mol. The van der Waals surface area contributed by atoms with Gasteiger partial charge in [-0.2, -0.15) is 0 Å². The van der Waals surface area contributed by atoms with Crippen molar-refractivity contribution in [3.05, 3.63) is 68.9 Å². The summed E-state index contributed by atoms with van der Waals surface area (Å²) in [6.07, 6.45) is 9.28. The second-order valence-corrected chi connectivity index (χ2v) is 18.0. The van der Waals surface area contributed by atoms with E-state index in [9.17, 15) is 19.2 Å². The molecule has 4 amide bonds. The minimum atomic E-state index is -1.13.